The van der Waals surface area contributed by atoms with Crippen molar-refractivity contribution in [1.29, 1.82) is 0 Å². The lowest BCUT2D eigenvalue weighted by Gasteiger charge is -2.15. The van der Waals surface area contributed by atoms with Crippen LogP contribution >= 0.6 is 11.6 Å². The molecule has 0 aliphatic carbocycles. The smallest absolute Gasteiger partial charge is 0.261 e. The minimum atomic E-state index is -0.518. The maximum Gasteiger partial charge on any atom is 0.261 e. The monoisotopic (exact) mass is 420 g/mol. The fraction of sp³-hybridized carbons (Fsp3) is 0.240. The third-order valence-electron chi connectivity index (χ3n) is 5.22. The fourth-order valence-electron chi connectivity index (χ4n) is 3.77. The van der Waals surface area contributed by atoms with Crippen molar-refractivity contribution in [1.82, 2.24) is 10.2 Å². The molecule has 3 aromatic rings. The van der Waals surface area contributed by atoms with Gasteiger partial charge >= 0.3 is 0 Å². The summed E-state index contributed by atoms with van der Waals surface area (Å²) in [4.78, 5) is 14.8. The molecule has 1 N–H and O–H groups in total. The summed E-state index contributed by atoms with van der Waals surface area (Å²) < 4.78 is 5.80. The summed E-state index contributed by atoms with van der Waals surface area (Å²) in [5.74, 6) is 0.622. The maximum absolute atomic E-state index is 12.7. The molecule has 1 amide bonds. The number of rotatable bonds is 6. The number of halogens is 1. The number of hydrogen-bond acceptors (Lipinski definition) is 3. The number of ether oxygens (including phenoxy) is 1. The normalized spacial score (nSPS) is 15.0. The van der Waals surface area contributed by atoms with Gasteiger partial charge in [0, 0.05) is 24.5 Å². The Morgan fingerprint density at radius 1 is 1.10 bits per heavy atom. The van der Waals surface area contributed by atoms with Crippen LogP contribution in [0.3, 0.4) is 0 Å². The van der Waals surface area contributed by atoms with Crippen LogP contribution in [0.4, 0.5) is 0 Å². The molecule has 3 aromatic carbocycles. The van der Waals surface area contributed by atoms with Crippen molar-refractivity contribution in [2.75, 3.05) is 14.1 Å². The highest BCUT2D eigenvalue weighted by Gasteiger charge is 2.29. The van der Waals surface area contributed by atoms with Gasteiger partial charge in [-0.05, 0) is 60.1 Å². The van der Waals surface area contributed by atoms with Crippen LogP contribution in [-0.2, 0) is 24.3 Å². The molecule has 0 saturated heterocycles. The first-order valence-electron chi connectivity index (χ1n) is 10.0. The van der Waals surface area contributed by atoms with Gasteiger partial charge < -0.3 is 15.0 Å². The first-order chi connectivity index (χ1) is 14.5. The number of amides is 1. The lowest BCUT2D eigenvalue weighted by molar-refractivity contribution is -0.127. The molecule has 5 heteroatoms. The summed E-state index contributed by atoms with van der Waals surface area (Å²) in [5.41, 5.74) is 5.58. The van der Waals surface area contributed by atoms with E-state index in [4.69, 9.17) is 16.3 Å². The van der Waals surface area contributed by atoms with Crippen molar-refractivity contribution < 1.29 is 9.53 Å². The van der Waals surface area contributed by atoms with Gasteiger partial charge in [-0.15, -0.1) is 0 Å². The molecule has 0 saturated carbocycles. The van der Waals surface area contributed by atoms with E-state index in [1.54, 1.807) is 6.07 Å². The lowest BCUT2D eigenvalue weighted by Crippen LogP contribution is -2.37. The van der Waals surface area contributed by atoms with Gasteiger partial charge in [-0.25, -0.2) is 0 Å². The molecule has 1 heterocycles. The molecule has 4 rings (SSSR count). The van der Waals surface area contributed by atoms with E-state index in [1.165, 1.54) is 5.56 Å². The highest BCUT2D eigenvalue weighted by Crippen LogP contribution is 2.31. The molecular formula is C25H25ClN2O2. The molecule has 4 nitrogen and oxygen atoms in total. The Bertz CT molecular complexity index is 1050. The highest BCUT2D eigenvalue weighted by atomic mass is 35.5. The number of benzene rings is 3. The quantitative estimate of drug-likeness (QED) is 0.629. The van der Waals surface area contributed by atoms with Crippen molar-refractivity contribution in [2.45, 2.75) is 25.6 Å². The van der Waals surface area contributed by atoms with Gasteiger partial charge in [0.1, 0.15) is 5.75 Å². The van der Waals surface area contributed by atoms with Crippen molar-refractivity contribution in [3.05, 3.63) is 88.4 Å². The molecule has 1 unspecified atom stereocenters. The Hall–Kier alpha value is -2.82. The number of nitrogens with zero attached hydrogens (tertiary/aromatic N) is 1. The standard InChI is InChI=1S/C25H25ClN2O2/c1-28(2)16-17-7-9-18(10-8-17)22-6-4-3-5-19(22)15-27-25(29)24-14-20-13-21(26)11-12-23(20)30-24/h3-13,24H,14-16H2,1-2H3,(H,27,29). The Labute approximate surface area is 182 Å². The average Bonchev–Trinajstić information content (AvgIpc) is 3.16. The minimum Gasteiger partial charge on any atom is -0.480 e. The second-order valence-corrected chi connectivity index (χ2v) is 8.31. The van der Waals surface area contributed by atoms with Gasteiger partial charge in [-0.3, -0.25) is 4.79 Å². The van der Waals surface area contributed by atoms with Crippen LogP contribution in [0, 0.1) is 0 Å². The molecule has 0 fully saturated rings. The van der Waals surface area contributed by atoms with Gasteiger partial charge in [-0.1, -0.05) is 60.1 Å². The van der Waals surface area contributed by atoms with Crippen molar-refractivity contribution in [3.8, 4) is 16.9 Å². The third kappa shape index (κ3) is 4.66. The molecule has 1 aliphatic heterocycles. The van der Waals surface area contributed by atoms with Crippen LogP contribution < -0.4 is 10.1 Å². The van der Waals surface area contributed by atoms with E-state index in [9.17, 15) is 4.79 Å². The van der Waals surface area contributed by atoms with E-state index in [1.807, 2.05) is 30.3 Å². The molecule has 0 aromatic heterocycles. The van der Waals surface area contributed by atoms with Crippen LogP contribution in [0.1, 0.15) is 16.7 Å². The van der Waals surface area contributed by atoms with Crippen LogP contribution in [-0.4, -0.2) is 31.0 Å². The van der Waals surface area contributed by atoms with Crippen molar-refractivity contribution in [2.24, 2.45) is 0 Å². The molecule has 1 atom stereocenters. The number of fused-ring (bicyclic) bond motifs is 1. The SMILES string of the molecule is CN(C)Cc1ccc(-c2ccccc2CNC(=O)C2Cc3cc(Cl)ccc3O2)cc1. The zero-order chi connectivity index (χ0) is 21.1. The molecule has 0 radical (unpaired) electrons. The third-order valence-corrected chi connectivity index (χ3v) is 5.46. The Balaban J connectivity index is 1.43. The van der Waals surface area contributed by atoms with Gasteiger partial charge in [0.15, 0.2) is 6.10 Å². The van der Waals surface area contributed by atoms with Gasteiger partial charge in [0.2, 0.25) is 0 Å². The van der Waals surface area contributed by atoms with Crippen LogP contribution in [0.15, 0.2) is 66.7 Å². The number of nitrogens with one attached hydrogen (secondary N) is 1. The first kappa shape index (κ1) is 20.5. The fourth-order valence-corrected chi connectivity index (χ4v) is 3.97. The topological polar surface area (TPSA) is 41.6 Å². The maximum atomic E-state index is 12.7. The summed E-state index contributed by atoms with van der Waals surface area (Å²) >= 11 is 6.04. The Morgan fingerprint density at radius 3 is 2.63 bits per heavy atom. The molecule has 0 bridgehead atoms. The second-order valence-electron chi connectivity index (χ2n) is 7.87. The molecule has 0 spiro atoms. The highest BCUT2D eigenvalue weighted by molar-refractivity contribution is 6.30. The van der Waals surface area contributed by atoms with E-state index >= 15 is 0 Å². The molecule has 30 heavy (non-hydrogen) atoms. The predicted octanol–water partition coefficient (Wildman–Crippen LogP) is 4.69. The van der Waals surface area contributed by atoms with E-state index in [0.29, 0.717) is 18.0 Å². The predicted molar refractivity (Wildman–Crippen MR) is 121 cm³/mol. The molecular weight excluding hydrogens is 396 g/mol. The number of hydrogen-bond donors (Lipinski definition) is 1. The van der Waals surface area contributed by atoms with Crippen LogP contribution in [0.25, 0.3) is 11.1 Å². The van der Waals surface area contributed by atoms with Crippen molar-refractivity contribution >= 4 is 17.5 Å². The van der Waals surface area contributed by atoms with E-state index in [2.05, 4.69) is 54.6 Å². The van der Waals surface area contributed by atoms with Gasteiger partial charge in [0.05, 0.1) is 0 Å². The average molecular weight is 421 g/mol. The van der Waals surface area contributed by atoms with E-state index in [-0.39, 0.29) is 5.91 Å². The van der Waals surface area contributed by atoms with Gasteiger partial charge in [0.25, 0.3) is 5.91 Å². The van der Waals surface area contributed by atoms with Gasteiger partial charge in [-0.2, -0.15) is 0 Å². The van der Waals surface area contributed by atoms with Crippen LogP contribution in [0.2, 0.25) is 5.02 Å². The van der Waals surface area contributed by atoms with Crippen molar-refractivity contribution in [3.63, 3.8) is 0 Å². The Morgan fingerprint density at radius 2 is 1.87 bits per heavy atom. The molecule has 154 valence electrons. The number of carbonyl (C=O) groups is 1. The summed E-state index contributed by atoms with van der Waals surface area (Å²) in [6, 6.07) is 22.2. The zero-order valence-corrected chi connectivity index (χ0v) is 17.9. The molecule has 1 aliphatic rings. The van der Waals surface area contributed by atoms with E-state index in [0.717, 1.165) is 34.5 Å². The number of carbonyl (C=O) groups excluding carboxylic acids is 1. The Kier molecular flexibility index (Phi) is 6.07. The van der Waals surface area contributed by atoms with Crippen LogP contribution in [0.5, 0.6) is 5.75 Å². The largest absolute Gasteiger partial charge is 0.480 e. The van der Waals surface area contributed by atoms with E-state index < -0.39 is 6.10 Å². The summed E-state index contributed by atoms with van der Waals surface area (Å²) in [5, 5.41) is 3.69. The summed E-state index contributed by atoms with van der Waals surface area (Å²) in [6.45, 7) is 1.36. The summed E-state index contributed by atoms with van der Waals surface area (Å²) in [7, 11) is 4.13. The second kappa shape index (κ2) is 8.90. The summed E-state index contributed by atoms with van der Waals surface area (Å²) in [6.07, 6.45) is 0.0208. The minimum absolute atomic E-state index is 0.113. The lowest BCUT2D eigenvalue weighted by atomic mass is 9.98. The zero-order valence-electron chi connectivity index (χ0n) is 17.2. The first-order valence-corrected chi connectivity index (χ1v) is 10.4.